The van der Waals surface area contributed by atoms with Gasteiger partial charge >= 0.3 is 0 Å². The lowest BCUT2D eigenvalue weighted by molar-refractivity contribution is 0.669. The maximum absolute atomic E-state index is 9.27. The van der Waals surface area contributed by atoms with E-state index in [1.807, 2.05) is 0 Å². The quantitative estimate of drug-likeness (QED) is 0.214. The molecule has 0 N–H and O–H groups in total. The number of aromatic nitrogens is 5. The van der Waals surface area contributed by atoms with Crippen LogP contribution in [-0.2, 0) is 0 Å². The minimum absolute atomic E-state index is 0.0148. The van der Waals surface area contributed by atoms with E-state index in [0.717, 1.165) is 15.9 Å². The molecule has 6 nitrogen and oxygen atoms in total. The Balaban J connectivity index is 1.48. The zero-order chi connectivity index (χ0) is 43.4. The maximum atomic E-state index is 9.27. The molecule has 9 rings (SSSR count). The van der Waals surface area contributed by atoms with E-state index < -0.39 is 160 Å². The zero-order valence-electron chi connectivity index (χ0n) is 39.1. The van der Waals surface area contributed by atoms with Crippen molar-refractivity contribution in [2.75, 3.05) is 0 Å². The Bertz CT molecular complexity index is 3390. The fourth-order valence-corrected chi connectivity index (χ4v) is 5.27. The van der Waals surface area contributed by atoms with Gasteiger partial charge in [-0.3, -0.25) is 4.57 Å². The number of thiazole rings is 1. The van der Waals surface area contributed by atoms with Crippen LogP contribution in [-0.4, -0.2) is 24.5 Å². The number of hydrogen-bond acceptors (Lipinski definition) is 6. The molecule has 0 saturated carbocycles. The first-order chi connectivity index (χ1) is 28.2. The normalized spacial score (nSPS) is 18.4. The molecule has 0 amide bonds. The molecule has 0 aliphatic carbocycles. The molecular weight excluding hydrogens is 526 g/mol. The van der Waals surface area contributed by atoms with Gasteiger partial charge in [-0.1, -0.05) is 72.5 Å². The molecule has 41 heavy (non-hydrogen) atoms. The molecule has 0 aliphatic heterocycles. The lowest BCUT2D eigenvalue weighted by Crippen LogP contribution is -2.06. The van der Waals surface area contributed by atoms with Crippen molar-refractivity contribution < 1.29 is 30.5 Å². The third-order valence-corrected chi connectivity index (χ3v) is 7.17. The molecule has 0 saturated heterocycles. The van der Waals surface area contributed by atoms with Crippen molar-refractivity contribution in [3.63, 3.8) is 0 Å². The van der Waals surface area contributed by atoms with Crippen molar-refractivity contribution in [1.82, 2.24) is 24.5 Å². The number of benzene rings is 5. The minimum Gasteiger partial charge on any atom is -0.456 e. The van der Waals surface area contributed by atoms with Crippen molar-refractivity contribution in [2.45, 2.75) is 0 Å². The molecule has 9 aromatic rings. The van der Waals surface area contributed by atoms with E-state index in [-0.39, 0.29) is 36.8 Å². The summed E-state index contributed by atoms with van der Waals surface area (Å²) in [5, 5.41) is -1.36. The summed E-state index contributed by atoms with van der Waals surface area (Å²) in [6.07, 6.45) is 0. The highest BCUT2D eigenvalue weighted by atomic mass is 32.1. The lowest BCUT2D eigenvalue weighted by Gasteiger charge is -2.09. The molecule has 5 aromatic carbocycles. The second-order valence-corrected chi connectivity index (χ2v) is 9.52. The molecule has 0 spiro atoms. The highest BCUT2D eigenvalue weighted by molar-refractivity contribution is 7.21. The molecule has 0 atom stereocenters. The Morgan fingerprint density at radius 1 is 0.585 bits per heavy atom. The van der Waals surface area contributed by atoms with Crippen LogP contribution in [0.5, 0.6) is 0 Å². The van der Waals surface area contributed by atoms with Crippen LogP contribution in [0.2, 0.25) is 0 Å². The summed E-state index contributed by atoms with van der Waals surface area (Å²) in [5.41, 5.74) is -2.34. The van der Waals surface area contributed by atoms with Gasteiger partial charge < -0.3 is 4.42 Å². The van der Waals surface area contributed by atoms with Crippen LogP contribution >= 0.6 is 11.3 Å². The molecule has 0 fully saturated rings. The molecule has 0 radical (unpaired) electrons. The molecule has 4 heterocycles. The van der Waals surface area contributed by atoms with Gasteiger partial charge in [-0.05, 0) is 42.3 Å². The van der Waals surface area contributed by atoms with E-state index in [0.29, 0.717) is 0 Å². The summed E-state index contributed by atoms with van der Waals surface area (Å²) < 4.78 is 170. The average Bonchev–Trinajstić information content (AvgIpc) is 3.96. The molecule has 0 bridgehead atoms. The van der Waals surface area contributed by atoms with E-state index in [1.165, 1.54) is 0 Å². The number of nitrogens with zero attached hydrogens (tertiary/aromatic N) is 5. The zero-order valence-corrected chi connectivity index (χ0v) is 20.9. The van der Waals surface area contributed by atoms with Crippen molar-refractivity contribution in [3.05, 3.63) is 115 Å². The van der Waals surface area contributed by atoms with Gasteiger partial charge in [0.25, 0.3) is 0 Å². The van der Waals surface area contributed by atoms with Crippen molar-refractivity contribution in [3.8, 4) is 28.2 Å². The Labute approximate surface area is 263 Å². The Hall–Kier alpha value is -5.40. The van der Waals surface area contributed by atoms with Gasteiger partial charge in [0.05, 0.1) is 47.3 Å². The Morgan fingerprint density at radius 3 is 2.07 bits per heavy atom. The smallest absolute Gasteiger partial charge is 0.238 e. The van der Waals surface area contributed by atoms with Gasteiger partial charge in [-0.15, -0.1) is 11.3 Å². The minimum atomic E-state index is -0.749. The Morgan fingerprint density at radius 2 is 1.24 bits per heavy atom. The van der Waals surface area contributed by atoms with E-state index >= 15 is 0 Å². The van der Waals surface area contributed by atoms with Crippen LogP contribution in [0.3, 0.4) is 0 Å². The van der Waals surface area contributed by atoms with Crippen LogP contribution in [0.1, 0.15) is 26.0 Å². The Kier molecular flexibility index (Phi) is 2.27. The summed E-state index contributed by atoms with van der Waals surface area (Å²) in [7, 11) is 0. The fraction of sp³-hybridized carbons (Fsp3) is 0. The number of hydrogen-bond donors (Lipinski definition) is 0. The number of furan rings is 1. The maximum Gasteiger partial charge on any atom is 0.238 e. The molecular formula is C34H19N5OS. The van der Waals surface area contributed by atoms with E-state index in [1.54, 1.807) is 0 Å². The lowest BCUT2D eigenvalue weighted by atomic mass is 10.1. The summed E-state index contributed by atoms with van der Waals surface area (Å²) in [5.74, 6) is -1.62. The topological polar surface area (TPSA) is 69.6 Å². The monoisotopic (exact) mass is 564 g/mol. The summed E-state index contributed by atoms with van der Waals surface area (Å²) >= 11 is 0.720. The first-order valence-corrected chi connectivity index (χ1v) is 12.6. The summed E-state index contributed by atoms with van der Waals surface area (Å²) in [6, 6.07) is -12.3. The van der Waals surface area contributed by atoms with Crippen molar-refractivity contribution >= 4 is 65.3 Å². The van der Waals surface area contributed by atoms with Gasteiger partial charge in [-0.25, -0.2) is 9.97 Å². The van der Waals surface area contributed by atoms with Crippen LogP contribution < -0.4 is 0 Å². The predicted octanol–water partition coefficient (Wildman–Crippen LogP) is 8.81. The second-order valence-electron chi connectivity index (χ2n) is 8.52. The van der Waals surface area contributed by atoms with Gasteiger partial charge in [0.15, 0.2) is 16.7 Å². The number of rotatable bonds is 3. The highest BCUT2D eigenvalue weighted by Crippen LogP contribution is 2.35. The average molecular weight is 565 g/mol. The van der Waals surface area contributed by atoms with Gasteiger partial charge in [0, 0.05) is 27.1 Å². The van der Waals surface area contributed by atoms with Crippen LogP contribution in [0.4, 0.5) is 0 Å². The van der Waals surface area contributed by atoms with Crippen LogP contribution in [0.15, 0.2) is 119 Å². The third kappa shape index (κ3) is 3.43. The van der Waals surface area contributed by atoms with Crippen molar-refractivity contribution in [2.24, 2.45) is 0 Å². The SMILES string of the molecule is [2H]c1c([2H])c([2H])c2sc(-c3nc(-c4c([2H])c([2H])c5c(oc6c([2H])c([2H])c([2H])c([2H])c65)c4[2H])nc(-n4c5c([2H])c([2H])c([2H])c([2H])c5c5c([2H])c([2H])c([2H])c([2H])c54)n3)nc2c1[2H]. The molecule has 7 heteroatoms. The summed E-state index contributed by atoms with van der Waals surface area (Å²) in [6.45, 7) is 0. The van der Waals surface area contributed by atoms with Gasteiger partial charge in [0.2, 0.25) is 5.95 Å². The van der Waals surface area contributed by atoms with Crippen LogP contribution in [0, 0.1) is 0 Å². The largest absolute Gasteiger partial charge is 0.456 e. The van der Waals surface area contributed by atoms with E-state index in [4.69, 9.17) is 29.1 Å². The third-order valence-electron chi connectivity index (χ3n) is 6.20. The summed E-state index contributed by atoms with van der Waals surface area (Å²) in [4.78, 5) is 17.9. The van der Waals surface area contributed by atoms with E-state index in [9.17, 15) is 1.37 Å². The number of fused-ring (bicyclic) bond motifs is 7. The van der Waals surface area contributed by atoms with Gasteiger partial charge in [0.1, 0.15) is 11.2 Å². The molecule has 4 aromatic heterocycles. The van der Waals surface area contributed by atoms with E-state index in [2.05, 4.69) is 19.9 Å². The fourth-order valence-electron chi connectivity index (χ4n) is 4.47. The number of para-hydroxylation sites is 4. The highest BCUT2D eigenvalue weighted by Gasteiger charge is 2.19. The first kappa shape index (κ1) is 10.9. The van der Waals surface area contributed by atoms with Gasteiger partial charge in [-0.2, -0.15) is 9.97 Å². The van der Waals surface area contributed by atoms with Crippen molar-refractivity contribution in [1.29, 1.82) is 0 Å². The standard InChI is InChI=1S/C34H19N5OS/c1-5-13-26-21(9-1)22-10-2-6-14-27(22)39(26)34-37-31(36-32(38-34)33-35-25-12-4-8-16-30(25)41-33)20-17-18-24-23-11-3-7-15-28(23)40-29(24)19-20/h1-19H/i1D,2D,3D,4D,5D,6D,7D,8D,9D,10D,11D,12D,13D,14D,15D,16D,17D,18D,19D. The first-order valence-electron chi connectivity index (χ1n) is 21.3. The molecule has 192 valence electrons. The van der Waals surface area contributed by atoms with Crippen LogP contribution in [0.25, 0.3) is 82.1 Å². The second kappa shape index (κ2) is 8.55. The molecule has 0 unspecified atom stereocenters. The molecule has 0 aliphatic rings. The predicted molar refractivity (Wildman–Crippen MR) is 165 cm³/mol.